The number of thiazole rings is 1. The predicted octanol–water partition coefficient (Wildman–Crippen LogP) is 1.40. The largest absolute Gasteiger partial charge is 0.508 e. The van der Waals surface area contributed by atoms with E-state index in [1.165, 1.54) is 11.3 Å². The van der Waals surface area contributed by atoms with Gasteiger partial charge in [0, 0.05) is 11.9 Å². The highest BCUT2D eigenvalue weighted by molar-refractivity contribution is 7.13. The third-order valence-corrected chi connectivity index (χ3v) is 3.06. The number of nitrogens with zero attached hydrogens (tertiary/aromatic N) is 1. The van der Waals surface area contributed by atoms with Crippen LogP contribution in [0.15, 0.2) is 29.6 Å². The second-order valence-corrected chi connectivity index (χ2v) is 4.63. The van der Waals surface area contributed by atoms with Gasteiger partial charge in [0.1, 0.15) is 11.4 Å². The number of amides is 1. The molecule has 2 aromatic rings. The summed E-state index contributed by atoms with van der Waals surface area (Å²) in [5.74, 6) is 0.0162. The van der Waals surface area contributed by atoms with Crippen LogP contribution in [0.1, 0.15) is 16.1 Å². The average Bonchev–Trinajstić information content (AvgIpc) is 2.78. The average molecular weight is 263 g/mol. The van der Waals surface area contributed by atoms with Gasteiger partial charge in [0.2, 0.25) is 0 Å². The molecule has 0 atom stereocenters. The molecule has 0 bridgehead atoms. The Morgan fingerprint density at radius 1 is 1.39 bits per heavy atom. The normalized spacial score (nSPS) is 10.2. The number of phenols is 1. The van der Waals surface area contributed by atoms with Crippen molar-refractivity contribution >= 4 is 22.4 Å². The van der Waals surface area contributed by atoms with E-state index in [4.69, 9.17) is 10.8 Å². The van der Waals surface area contributed by atoms with Crippen LogP contribution in [0.25, 0.3) is 0 Å². The van der Waals surface area contributed by atoms with Crippen LogP contribution in [0, 0.1) is 0 Å². The van der Waals surface area contributed by atoms with Gasteiger partial charge in [0.25, 0.3) is 5.91 Å². The van der Waals surface area contributed by atoms with E-state index >= 15 is 0 Å². The standard InChI is InChI=1S/C12H13N3O2S/c13-12-15-10(7-18-12)11(17)14-6-5-8-1-3-9(16)4-2-8/h1-4,7,16H,5-6H2,(H2,13,15)(H,14,17). The Balaban J connectivity index is 1.82. The fraction of sp³-hybridized carbons (Fsp3) is 0.167. The van der Waals surface area contributed by atoms with Gasteiger partial charge in [-0.1, -0.05) is 12.1 Å². The molecule has 0 aliphatic rings. The Hall–Kier alpha value is -2.08. The van der Waals surface area contributed by atoms with E-state index in [2.05, 4.69) is 10.3 Å². The van der Waals surface area contributed by atoms with Gasteiger partial charge in [-0.25, -0.2) is 4.98 Å². The number of benzene rings is 1. The van der Waals surface area contributed by atoms with Crippen LogP contribution >= 0.6 is 11.3 Å². The summed E-state index contributed by atoms with van der Waals surface area (Å²) in [4.78, 5) is 15.5. The van der Waals surface area contributed by atoms with Gasteiger partial charge in [-0.3, -0.25) is 4.79 Å². The molecule has 0 aliphatic carbocycles. The van der Waals surface area contributed by atoms with Gasteiger partial charge >= 0.3 is 0 Å². The van der Waals surface area contributed by atoms with Crippen molar-refractivity contribution in [3.63, 3.8) is 0 Å². The number of nitrogen functional groups attached to an aromatic ring is 1. The van der Waals surface area contributed by atoms with Gasteiger partial charge in [-0.2, -0.15) is 0 Å². The summed E-state index contributed by atoms with van der Waals surface area (Å²) < 4.78 is 0. The maximum Gasteiger partial charge on any atom is 0.270 e. The molecule has 4 N–H and O–H groups in total. The highest BCUT2D eigenvalue weighted by atomic mass is 32.1. The number of hydrogen-bond acceptors (Lipinski definition) is 5. The maximum absolute atomic E-state index is 11.6. The number of aromatic hydroxyl groups is 1. The first-order chi connectivity index (χ1) is 8.65. The Morgan fingerprint density at radius 2 is 2.11 bits per heavy atom. The van der Waals surface area contributed by atoms with Crippen molar-refractivity contribution < 1.29 is 9.90 Å². The van der Waals surface area contributed by atoms with E-state index in [-0.39, 0.29) is 11.7 Å². The van der Waals surface area contributed by atoms with Crippen molar-refractivity contribution in [2.24, 2.45) is 0 Å². The minimum atomic E-state index is -0.221. The minimum Gasteiger partial charge on any atom is -0.508 e. The summed E-state index contributed by atoms with van der Waals surface area (Å²) in [6, 6.07) is 6.89. The fourth-order valence-electron chi connectivity index (χ4n) is 1.47. The number of anilines is 1. The molecule has 0 spiro atoms. The molecule has 1 amide bonds. The quantitative estimate of drug-likeness (QED) is 0.778. The maximum atomic E-state index is 11.6. The third kappa shape index (κ3) is 3.21. The van der Waals surface area contributed by atoms with Gasteiger partial charge in [-0.05, 0) is 24.1 Å². The molecule has 1 heterocycles. The van der Waals surface area contributed by atoms with Crippen molar-refractivity contribution in [2.75, 3.05) is 12.3 Å². The molecule has 0 unspecified atom stereocenters. The zero-order valence-electron chi connectivity index (χ0n) is 9.59. The monoisotopic (exact) mass is 263 g/mol. The lowest BCUT2D eigenvalue weighted by Gasteiger charge is -2.03. The molecule has 6 heteroatoms. The van der Waals surface area contributed by atoms with E-state index in [0.717, 1.165) is 5.56 Å². The van der Waals surface area contributed by atoms with Crippen LogP contribution in [0.3, 0.4) is 0 Å². The van der Waals surface area contributed by atoms with E-state index in [1.54, 1.807) is 17.5 Å². The molecule has 94 valence electrons. The number of nitrogens with one attached hydrogen (secondary N) is 1. The molecule has 5 nitrogen and oxygen atoms in total. The van der Waals surface area contributed by atoms with E-state index in [9.17, 15) is 4.79 Å². The second kappa shape index (κ2) is 5.50. The molecule has 1 aromatic heterocycles. The molecule has 18 heavy (non-hydrogen) atoms. The second-order valence-electron chi connectivity index (χ2n) is 3.74. The highest BCUT2D eigenvalue weighted by Crippen LogP contribution is 2.11. The summed E-state index contributed by atoms with van der Waals surface area (Å²) in [5, 5.41) is 13.9. The van der Waals surface area contributed by atoms with Gasteiger partial charge < -0.3 is 16.2 Å². The highest BCUT2D eigenvalue weighted by Gasteiger charge is 2.08. The first-order valence-electron chi connectivity index (χ1n) is 5.42. The molecule has 0 radical (unpaired) electrons. The van der Waals surface area contributed by atoms with Gasteiger partial charge in [-0.15, -0.1) is 11.3 Å². The van der Waals surface area contributed by atoms with E-state index in [1.807, 2.05) is 12.1 Å². The minimum absolute atomic E-state index is 0.221. The summed E-state index contributed by atoms with van der Waals surface area (Å²) in [5.41, 5.74) is 6.85. The number of phenolic OH excluding ortho intramolecular Hbond substituents is 1. The van der Waals surface area contributed by atoms with Crippen molar-refractivity contribution in [3.8, 4) is 5.75 Å². The zero-order valence-corrected chi connectivity index (χ0v) is 10.4. The Labute approximate surface area is 108 Å². The first kappa shape index (κ1) is 12.4. The Bertz CT molecular complexity index is 537. The van der Waals surface area contributed by atoms with Crippen molar-refractivity contribution in [1.29, 1.82) is 0 Å². The number of carbonyl (C=O) groups excluding carboxylic acids is 1. The number of rotatable bonds is 4. The van der Waals surface area contributed by atoms with Gasteiger partial charge in [0.15, 0.2) is 5.13 Å². The molecule has 0 fully saturated rings. The Morgan fingerprint density at radius 3 is 2.72 bits per heavy atom. The van der Waals surface area contributed by atoms with Crippen LogP contribution in [-0.4, -0.2) is 22.5 Å². The summed E-state index contributed by atoms with van der Waals surface area (Å²) >= 11 is 1.24. The third-order valence-electron chi connectivity index (χ3n) is 2.39. The van der Waals surface area contributed by atoms with Crippen LogP contribution in [-0.2, 0) is 6.42 Å². The van der Waals surface area contributed by atoms with Crippen LogP contribution in [0.2, 0.25) is 0 Å². The van der Waals surface area contributed by atoms with E-state index < -0.39 is 0 Å². The lowest BCUT2D eigenvalue weighted by Crippen LogP contribution is -2.25. The summed E-state index contributed by atoms with van der Waals surface area (Å²) in [7, 11) is 0. The number of aromatic nitrogens is 1. The molecule has 0 saturated heterocycles. The lowest BCUT2D eigenvalue weighted by molar-refractivity contribution is 0.0950. The number of carbonyl (C=O) groups is 1. The SMILES string of the molecule is Nc1nc(C(=O)NCCc2ccc(O)cc2)cs1. The van der Waals surface area contributed by atoms with Crippen LogP contribution < -0.4 is 11.1 Å². The summed E-state index contributed by atoms with van der Waals surface area (Å²) in [6.07, 6.45) is 0.700. The fourth-order valence-corrected chi connectivity index (χ4v) is 2.01. The molecule has 2 rings (SSSR count). The van der Waals surface area contributed by atoms with Crippen LogP contribution in [0.5, 0.6) is 5.75 Å². The lowest BCUT2D eigenvalue weighted by atomic mass is 10.1. The van der Waals surface area contributed by atoms with Crippen LogP contribution in [0.4, 0.5) is 5.13 Å². The first-order valence-corrected chi connectivity index (χ1v) is 6.30. The Kier molecular flexibility index (Phi) is 3.78. The molecule has 0 saturated carbocycles. The zero-order chi connectivity index (χ0) is 13.0. The smallest absolute Gasteiger partial charge is 0.270 e. The number of hydrogen-bond donors (Lipinski definition) is 3. The van der Waals surface area contributed by atoms with Crippen molar-refractivity contribution in [1.82, 2.24) is 10.3 Å². The molecular formula is C12H13N3O2S. The topological polar surface area (TPSA) is 88.2 Å². The van der Waals surface area contributed by atoms with E-state index in [0.29, 0.717) is 23.8 Å². The number of nitrogens with two attached hydrogens (primary N) is 1. The van der Waals surface area contributed by atoms with Gasteiger partial charge in [0.05, 0.1) is 0 Å². The molecular weight excluding hydrogens is 250 g/mol. The predicted molar refractivity (Wildman–Crippen MR) is 70.7 cm³/mol. The van der Waals surface area contributed by atoms with Crippen molar-refractivity contribution in [3.05, 3.63) is 40.9 Å². The van der Waals surface area contributed by atoms with Crippen molar-refractivity contribution in [2.45, 2.75) is 6.42 Å². The molecule has 0 aliphatic heterocycles. The molecule has 1 aromatic carbocycles. The summed E-state index contributed by atoms with van der Waals surface area (Å²) in [6.45, 7) is 0.515.